The van der Waals surface area contributed by atoms with Crippen molar-refractivity contribution in [1.29, 1.82) is 0 Å². The Hall–Kier alpha value is -3.48. The monoisotopic (exact) mass is 632 g/mol. The Morgan fingerprint density at radius 1 is 0.488 bits per heavy atom. The van der Waals surface area contributed by atoms with Crippen LogP contribution in [0.25, 0.3) is 11.1 Å². The second kappa shape index (κ2) is 9.81. The minimum absolute atomic E-state index is 0.0197. The highest BCUT2D eigenvalue weighted by Crippen LogP contribution is 2.64. The molecule has 3 nitrogen and oxygen atoms in total. The van der Waals surface area contributed by atoms with Crippen molar-refractivity contribution in [3.05, 3.63) is 54.1 Å². The van der Waals surface area contributed by atoms with Gasteiger partial charge in [0.2, 0.25) is 0 Å². The molecule has 0 heterocycles. The molecule has 0 aliphatic rings. The number of benzene rings is 2. The Morgan fingerprint density at radius 3 is 1.15 bits per heavy atom. The van der Waals surface area contributed by atoms with E-state index in [0.29, 0.717) is 0 Å². The summed E-state index contributed by atoms with van der Waals surface area (Å²) < 4.78 is 229. The fourth-order valence-corrected chi connectivity index (χ4v) is 2.88. The largest absolute Gasteiger partial charge is 0.478 e. The van der Waals surface area contributed by atoms with Gasteiger partial charge < -0.3 is 9.84 Å². The molecule has 0 aliphatic carbocycles. The number of hydrogen-bond donors (Lipinski definition) is 1. The number of aromatic carboxylic acids is 1. The van der Waals surface area contributed by atoms with E-state index in [0.717, 1.165) is 36.4 Å². The fourth-order valence-electron chi connectivity index (χ4n) is 2.88. The number of carbonyl (C=O) groups is 1. The van der Waals surface area contributed by atoms with Gasteiger partial charge in [-0.25, -0.2) is 4.79 Å². The van der Waals surface area contributed by atoms with Gasteiger partial charge in [0.1, 0.15) is 5.75 Å². The van der Waals surface area contributed by atoms with E-state index in [4.69, 9.17) is 5.11 Å². The van der Waals surface area contributed by atoms with Crippen molar-refractivity contribution in [2.45, 2.75) is 47.8 Å². The van der Waals surface area contributed by atoms with Crippen LogP contribution in [0, 0.1) is 0 Å². The van der Waals surface area contributed by atoms with Gasteiger partial charge in [0, 0.05) is 0 Å². The van der Waals surface area contributed by atoms with Gasteiger partial charge in [0.15, 0.2) is 0 Å². The van der Waals surface area contributed by atoms with Crippen LogP contribution in [-0.2, 0) is 0 Å². The summed E-state index contributed by atoms with van der Waals surface area (Å²) >= 11 is 0. The average Bonchev–Trinajstić information content (AvgIpc) is 2.82. The summed E-state index contributed by atoms with van der Waals surface area (Å²) in [5, 5.41) is 8.81. The third-order valence-electron chi connectivity index (χ3n) is 5.26. The van der Waals surface area contributed by atoms with Crippen LogP contribution in [0.2, 0.25) is 0 Å². The normalized spacial score (nSPS) is 14.7. The third kappa shape index (κ3) is 5.08. The highest BCUT2D eigenvalue weighted by molar-refractivity contribution is 5.88. The summed E-state index contributed by atoms with van der Waals surface area (Å²) in [4.78, 5) is 10.8. The molecule has 0 amide bonds. The van der Waals surface area contributed by atoms with Gasteiger partial charge in [-0.1, -0.05) is 24.3 Å². The van der Waals surface area contributed by atoms with E-state index < -0.39 is 59.5 Å². The molecular weight excluding hydrogens is 623 g/mol. The fraction of sp³-hybridized carbons (Fsp3) is 0.381. The number of halogens is 17. The summed E-state index contributed by atoms with van der Waals surface area (Å²) in [6, 6.07) is 6.39. The molecule has 0 saturated heterocycles. The van der Waals surface area contributed by atoms with E-state index in [1.807, 2.05) is 0 Å². The number of carboxylic acid groups (broad SMARTS) is 1. The van der Waals surface area contributed by atoms with Gasteiger partial charge >= 0.3 is 53.8 Å². The standard InChI is InChI=1S/C21H9F17O3/c22-14(23,16(26,27)18(30,31)20(34,35)36)15(24,25)17(28,29)19(32,33)21(37,38)41-12-7-5-10(6-8-12)9-1-3-11(4-2-9)13(39)40/h1-8H,(H,39,40). The second-order valence-electron chi connectivity index (χ2n) is 7.97. The van der Waals surface area contributed by atoms with E-state index in [2.05, 4.69) is 4.74 Å². The predicted octanol–water partition coefficient (Wildman–Crippen LogP) is 8.40. The van der Waals surface area contributed by atoms with Gasteiger partial charge in [-0.2, -0.15) is 74.6 Å². The first-order valence-electron chi connectivity index (χ1n) is 9.94. The number of ether oxygens (including phenoxy) is 1. The molecular formula is C21H9F17O3. The molecule has 2 aromatic carbocycles. The predicted molar refractivity (Wildman–Crippen MR) is 100 cm³/mol. The Labute approximate surface area is 215 Å². The van der Waals surface area contributed by atoms with Crippen molar-refractivity contribution in [2.75, 3.05) is 0 Å². The SMILES string of the molecule is O=C(O)c1ccc(-c2ccc(OC(F)(F)C(F)(F)C(F)(F)C(F)(F)C(F)(F)C(F)(F)C(F)(F)C(F)(F)F)cc2)cc1. The van der Waals surface area contributed by atoms with Crippen LogP contribution in [0.1, 0.15) is 10.4 Å². The molecule has 0 aliphatic heterocycles. The van der Waals surface area contributed by atoms with Crippen LogP contribution in [0.4, 0.5) is 74.6 Å². The van der Waals surface area contributed by atoms with Crippen molar-refractivity contribution >= 4 is 5.97 Å². The van der Waals surface area contributed by atoms with Crippen molar-refractivity contribution in [1.82, 2.24) is 0 Å². The minimum atomic E-state index is -8.72. The molecule has 0 radical (unpaired) electrons. The molecule has 41 heavy (non-hydrogen) atoms. The van der Waals surface area contributed by atoms with Gasteiger partial charge in [-0.3, -0.25) is 0 Å². The highest BCUT2D eigenvalue weighted by atomic mass is 19.4. The minimum Gasteiger partial charge on any atom is -0.478 e. The van der Waals surface area contributed by atoms with Crippen LogP contribution in [0.3, 0.4) is 0 Å². The van der Waals surface area contributed by atoms with Crippen LogP contribution >= 0.6 is 0 Å². The Bertz CT molecular complexity index is 1250. The van der Waals surface area contributed by atoms with Crippen molar-refractivity contribution in [3.8, 4) is 16.9 Å². The lowest BCUT2D eigenvalue weighted by Crippen LogP contribution is -2.74. The number of alkyl halides is 17. The number of carboxylic acids is 1. The molecule has 20 heteroatoms. The topological polar surface area (TPSA) is 46.5 Å². The molecule has 230 valence electrons. The van der Waals surface area contributed by atoms with Crippen LogP contribution in [0.15, 0.2) is 48.5 Å². The summed E-state index contributed by atoms with van der Waals surface area (Å²) in [5.74, 6) is -53.6. The summed E-state index contributed by atoms with van der Waals surface area (Å²) in [6.45, 7) is 0. The van der Waals surface area contributed by atoms with E-state index >= 15 is 0 Å². The molecule has 2 aromatic rings. The van der Waals surface area contributed by atoms with Crippen LogP contribution < -0.4 is 4.74 Å². The van der Waals surface area contributed by atoms with E-state index in [-0.39, 0.29) is 28.8 Å². The summed E-state index contributed by atoms with van der Waals surface area (Å²) in [6.07, 6.45) is -14.9. The highest BCUT2D eigenvalue weighted by Gasteiger charge is 2.95. The molecule has 0 aromatic heterocycles. The molecule has 0 unspecified atom stereocenters. The van der Waals surface area contributed by atoms with E-state index in [9.17, 15) is 79.4 Å². The van der Waals surface area contributed by atoms with Gasteiger partial charge in [0.25, 0.3) is 0 Å². The molecule has 0 atom stereocenters. The smallest absolute Gasteiger partial charge is 0.471 e. The van der Waals surface area contributed by atoms with Crippen LogP contribution in [-0.4, -0.2) is 58.9 Å². The van der Waals surface area contributed by atoms with Crippen LogP contribution in [0.5, 0.6) is 5.75 Å². The Balaban J connectivity index is 2.44. The van der Waals surface area contributed by atoms with Gasteiger partial charge in [-0.05, 0) is 35.4 Å². The third-order valence-corrected chi connectivity index (χ3v) is 5.26. The molecule has 1 N–H and O–H groups in total. The summed E-state index contributed by atoms with van der Waals surface area (Å²) in [5.41, 5.74) is -0.115. The molecule has 2 rings (SSSR count). The zero-order valence-electron chi connectivity index (χ0n) is 18.8. The number of hydrogen-bond acceptors (Lipinski definition) is 2. The summed E-state index contributed by atoms with van der Waals surface area (Å²) in [7, 11) is 0. The quantitative estimate of drug-likeness (QED) is 0.268. The number of rotatable bonds is 10. The molecule has 0 fully saturated rings. The maximum atomic E-state index is 14.0. The Morgan fingerprint density at radius 2 is 0.805 bits per heavy atom. The zero-order valence-corrected chi connectivity index (χ0v) is 18.8. The average molecular weight is 632 g/mol. The molecule has 0 bridgehead atoms. The maximum Gasteiger partial charge on any atom is 0.471 e. The van der Waals surface area contributed by atoms with Gasteiger partial charge in [-0.15, -0.1) is 0 Å². The first kappa shape index (κ1) is 33.7. The molecule has 0 spiro atoms. The Kier molecular flexibility index (Phi) is 8.07. The lowest BCUT2D eigenvalue weighted by atomic mass is 9.90. The lowest BCUT2D eigenvalue weighted by Gasteiger charge is -2.42. The maximum absolute atomic E-state index is 14.0. The lowest BCUT2D eigenvalue weighted by molar-refractivity contribution is -0.471. The first-order chi connectivity index (χ1) is 18.1. The first-order valence-corrected chi connectivity index (χ1v) is 9.94. The van der Waals surface area contributed by atoms with E-state index in [1.54, 1.807) is 0 Å². The van der Waals surface area contributed by atoms with Crippen molar-refractivity contribution in [2.24, 2.45) is 0 Å². The zero-order chi connectivity index (χ0) is 32.3. The van der Waals surface area contributed by atoms with Crippen molar-refractivity contribution in [3.63, 3.8) is 0 Å². The van der Waals surface area contributed by atoms with Crippen molar-refractivity contribution < 1.29 is 89.3 Å². The second-order valence-corrected chi connectivity index (χ2v) is 7.97. The molecule has 0 saturated carbocycles. The van der Waals surface area contributed by atoms with Gasteiger partial charge in [0.05, 0.1) is 5.56 Å². The van der Waals surface area contributed by atoms with E-state index in [1.165, 1.54) is 0 Å².